The first-order valence-corrected chi connectivity index (χ1v) is 9.54. The minimum atomic E-state index is -0.936. The predicted molar refractivity (Wildman–Crippen MR) is 98.6 cm³/mol. The number of aliphatic carboxylic acids is 1. The van der Waals surface area contributed by atoms with E-state index in [0.717, 1.165) is 40.9 Å². The van der Waals surface area contributed by atoms with Crippen LogP contribution in [0.2, 0.25) is 0 Å². The summed E-state index contributed by atoms with van der Waals surface area (Å²) in [6, 6.07) is 9.72. The highest BCUT2D eigenvalue weighted by molar-refractivity contribution is 9.10. The first-order chi connectivity index (χ1) is 12.1. The Hall–Kier alpha value is -2.06. The summed E-state index contributed by atoms with van der Waals surface area (Å²) < 4.78 is 2.07. The summed E-state index contributed by atoms with van der Waals surface area (Å²) in [5.41, 5.74) is 1.71. The normalized spacial score (nSPS) is 14.1. The molecule has 0 saturated heterocycles. The summed E-state index contributed by atoms with van der Waals surface area (Å²) in [7, 11) is 0. The second kappa shape index (κ2) is 6.34. The molecule has 1 heterocycles. The number of phenols is 1. The van der Waals surface area contributed by atoms with Crippen molar-refractivity contribution in [3.8, 4) is 11.4 Å². The Balaban J connectivity index is 1.93. The Bertz CT molecular complexity index is 985. The van der Waals surface area contributed by atoms with E-state index in [0.29, 0.717) is 21.5 Å². The van der Waals surface area contributed by atoms with Crippen molar-refractivity contribution in [2.45, 2.75) is 23.9 Å². The Labute approximate surface area is 156 Å². The molecule has 6 nitrogen and oxygen atoms in total. The van der Waals surface area contributed by atoms with Crippen molar-refractivity contribution in [1.82, 2.24) is 14.8 Å². The Morgan fingerprint density at radius 2 is 2.00 bits per heavy atom. The van der Waals surface area contributed by atoms with E-state index in [1.165, 1.54) is 0 Å². The molecule has 2 N–H and O–H groups in total. The van der Waals surface area contributed by atoms with E-state index >= 15 is 0 Å². The second-order valence-corrected chi connectivity index (χ2v) is 7.57. The average molecular weight is 420 g/mol. The number of thioether (sulfide) groups is 1. The Morgan fingerprint density at radius 1 is 1.28 bits per heavy atom. The molecule has 4 rings (SSSR count). The Kier molecular flexibility index (Phi) is 4.16. The molecule has 1 aliphatic rings. The van der Waals surface area contributed by atoms with E-state index in [2.05, 4.69) is 26.1 Å². The fourth-order valence-corrected chi connectivity index (χ4v) is 4.20. The van der Waals surface area contributed by atoms with Crippen molar-refractivity contribution in [2.24, 2.45) is 0 Å². The summed E-state index contributed by atoms with van der Waals surface area (Å²) in [4.78, 5) is 10.9. The lowest BCUT2D eigenvalue weighted by atomic mass is 9.99. The van der Waals surface area contributed by atoms with Gasteiger partial charge in [0.25, 0.3) is 0 Å². The molecule has 1 aliphatic carbocycles. The molecular weight excluding hydrogens is 406 g/mol. The van der Waals surface area contributed by atoms with Crippen molar-refractivity contribution >= 4 is 44.4 Å². The van der Waals surface area contributed by atoms with Gasteiger partial charge in [0.05, 0.1) is 11.4 Å². The first-order valence-electron chi connectivity index (χ1n) is 7.76. The number of carbonyl (C=O) groups is 1. The van der Waals surface area contributed by atoms with Crippen LogP contribution in [0.3, 0.4) is 0 Å². The number of carboxylic acids is 1. The van der Waals surface area contributed by atoms with Gasteiger partial charge in [0.1, 0.15) is 5.75 Å². The molecule has 0 radical (unpaired) electrons. The summed E-state index contributed by atoms with van der Waals surface area (Å²) in [6.45, 7) is 0. The van der Waals surface area contributed by atoms with Crippen LogP contribution in [0.1, 0.15) is 24.3 Å². The van der Waals surface area contributed by atoms with E-state index in [9.17, 15) is 9.90 Å². The second-order valence-electron chi connectivity index (χ2n) is 5.92. The van der Waals surface area contributed by atoms with Gasteiger partial charge in [-0.15, -0.1) is 10.2 Å². The molecule has 0 spiro atoms. The van der Waals surface area contributed by atoms with Gasteiger partial charge in [0, 0.05) is 5.39 Å². The zero-order valence-corrected chi connectivity index (χ0v) is 15.4. The predicted octanol–water partition coefficient (Wildman–Crippen LogP) is 3.94. The zero-order valence-electron chi connectivity index (χ0n) is 13.0. The number of hydrogen-bond donors (Lipinski definition) is 2. The van der Waals surface area contributed by atoms with Crippen LogP contribution in [0.25, 0.3) is 16.5 Å². The van der Waals surface area contributed by atoms with Gasteiger partial charge in [0.15, 0.2) is 5.16 Å². The molecule has 0 unspecified atom stereocenters. The summed E-state index contributed by atoms with van der Waals surface area (Å²) in [6.07, 6.45) is 2.28. The SMILES string of the molecule is O=C(O)CSc1nnc(Br)n1-c1c(O)cc(C2CC2)c2ccccc12. The topological polar surface area (TPSA) is 88.2 Å². The van der Waals surface area contributed by atoms with Crippen LogP contribution in [-0.2, 0) is 4.79 Å². The number of nitrogens with zero attached hydrogens (tertiary/aromatic N) is 3. The monoisotopic (exact) mass is 419 g/mol. The molecule has 1 saturated carbocycles. The fourth-order valence-electron chi connectivity index (χ4n) is 3.00. The third-order valence-corrected chi connectivity index (χ3v) is 5.61. The molecule has 2 aromatic carbocycles. The maximum atomic E-state index is 10.9. The van der Waals surface area contributed by atoms with Crippen molar-refractivity contribution < 1.29 is 15.0 Å². The maximum Gasteiger partial charge on any atom is 0.313 e. The largest absolute Gasteiger partial charge is 0.506 e. The van der Waals surface area contributed by atoms with Crippen LogP contribution < -0.4 is 0 Å². The number of rotatable bonds is 5. The number of phenolic OH excluding ortho intramolecular Hbond substituents is 1. The maximum absolute atomic E-state index is 10.9. The summed E-state index contributed by atoms with van der Waals surface area (Å²) >= 11 is 4.42. The number of aromatic hydroxyl groups is 1. The lowest BCUT2D eigenvalue weighted by Crippen LogP contribution is -2.03. The van der Waals surface area contributed by atoms with Gasteiger partial charge in [-0.25, -0.2) is 0 Å². The van der Waals surface area contributed by atoms with Crippen LogP contribution in [0, 0.1) is 0 Å². The molecule has 0 amide bonds. The number of benzene rings is 2. The van der Waals surface area contributed by atoms with Crippen molar-refractivity contribution in [1.29, 1.82) is 0 Å². The number of hydrogen-bond acceptors (Lipinski definition) is 5. The van der Waals surface area contributed by atoms with Gasteiger partial charge in [-0.05, 0) is 51.7 Å². The molecule has 0 bridgehead atoms. The molecular formula is C17H14BrN3O3S. The van der Waals surface area contributed by atoms with Crippen molar-refractivity contribution in [2.75, 3.05) is 5.75 Å². The fraction of sp³-hybridized carbons (Fsp3) is 0.235. The molecule has 0 aliphatic heterocycles. The van der Waals surface area contributed by atoms with E-state index < -0.39 is 5.97 Å². The molecule has 25 heavy (non-hydrogen) atoms. The minimum absolute atomic E-state index is 0.135. The van der Waals surface area contributed by atoms with Crippen molar-refractivity contribution in [3.63, 3.8) is 0 Å². The molecule has 3 aromatic rings. The quantitative estimate of drug-likeness (QED) is 0.608. The van der Waals surface area contributed by atoms with Crippen LogP contribution in [0.5, 0.6) is 5.75 Å². The minimum Gasteiger partial charge on any atom is -0.506 e. The third-order valence-electron chi connectivity index (χ3n) is 4.19. The standard InChI is InChI=1S/C17H14BrN3O3S/c18-16-19-20-17(25-8-14(23)24)21(16)15-11-4-2-1-3-10(11)12(7-13(15)22)9-5-6-9/h1-4,7,9,22H,5-6,8H2,(H,23,24). The highest BCUT2D eigenvalue weighted by Crippen LogP contribution is 2.47. The lowest BCUT2D eigenvalue weighted by molar-refractivity contribution is -0.133. The molecule has 128 valence electrons. The lowest BCUT2D eigenvalue weighted by Gasteiger charge is -2.15. The Morgan fingerprint density at radius 3 is 2.68 bits per heavy atom. The van der Waals surface area contributed by atoms with Gasteiger partial charge >= 0.3 is 5.97 Å². The van der Waals surface area contributed by atoms with Crippen LogP contribution in [0.15, 0.2) is 40.2 Å². The summed E-state index contributed by atoms with van der Waals surface area (Å²) in [5, 5.41) is 30.1. The van der Waals surface area contributed by atoms with E-state index in [1.807, 2.05) is 30.3 Å². The van der Waals surface area contributed by atoms with Crippen molar-refractivity contribution in [3.05, 3.63) is 40.6 Å². The van der Waals surface area contributed by atoms with Crippen LogP contribution in [-0.4, -0.2) is 36.7 Å². The number of carboxylic acid groups (broad SMARTS) is 1. The van der Waals surface area contributed by atoms with E-state index in [-0.39, 0.29) is 11.5 Å². The zero-order chi connectivity index (χ0) is 17.6. The van der Waals surface area contributed by atoms with Gasteiger partial charge in [-0.2, -0.15) is 0 Å². The highest BCUT2D eigenvalue weighted by Gasteiger charge is 2.28. The van der Waals surface area contributed by atoms with Gasteiger partial charge in [-0.3, -0.25) is 9.36 Å². The smallest absolute Gasteiger partial charge is 0.313 e. The van der Waals surface area contributed by atoms with Crippen LogP contribution in [0.4, 0.5) is 0 Å². The average Bonchev–Trinajstić information content (AvgIpc) is 3.37. The van der Waals surface area contributed by atoms with E-state index in [1.54, 1.807) is 4.57 Å². The number of halogens is 1. The number of aromatic nitrogens is 3. The third kappa shape index (κ3) is 3.00. The molecule has 1 fully saturated rings. The van der Waals surface area contributed by atoms with Gasteiger partial charge in [0.2, 0.25) is 4.73 Å². The number of fused-ring (bicyclic) bond motifs is 1. The summed E-state index contributed by atoms with van der Waals surface area (Å²) in [5.74, 6) is -0.438. The van der Waals surface area contributed by atoms with Gasteiger partial charge in [-0.1, -0.05) is 36.0 Å². The van der Waals surface area contributed by atoms with E-state index in [4.69, 9.17) is 5.11 Å². The first kappa shape index (κ1) is 16.4. The molecule has 0 atom stereocenters. The highest BCUT2D eigenvalue weighted by atomic mass is 79.9. The van der Waals surface area contributed by atoms with Crippen LogP contribution >= 0.6 is 27.7 Å². The molecule has 8 heteroatoms. The molecule has 1 aromatic heterocycles. The van der Waals surface area contributed by atoms with Gasteiger partial charge < -0.3 is 10.2 Å².